The third-order valence-corrected chi connectivity index (χ3v) is 15.4. The number of carboxylic acid groups (broad SMARTS) is 1. The fourth-order valence-corrected chi connectivity index (χ4v) is 11.3. The van der Waals surface area contributed by atoms with Gasteiger partial charge in [0.05, 0.1) is 52.9 Å². The van der Waals surface area contributed by atoms with E-state index in [4.69, 9.17) is 75.3 Å². The lowest BCUT2D eigenvalue weighted by atomic mass is 9.84. The van der Waals surface area contributed by atoms with E-state index in [1.807, 2.05) is 48.5 Å². The largest absolute Gasteiger partial charge is 0.490 e. The molecule has 0 fully saturated rings. The van der Waals surface area contributed by atoms with E-state index in [1.165, 1.54) is 22.3 Å². The number of carboxylic acids is 1. The van der Waals surface area contributed by atoms with Gasteiger partial charge in [-0.3, -0.25) is 0 Å². The summed E-state index contributed by atoms with van der Waals surface area (Å²) in [6, 6.07) is 39.1. The van der Waals surface area contributed by atoms with Gasteiger partial charge in [0.1, 0.15) is 11.6 Å². The van der Waals surface area contributed by atoms with E-state index in [2.05, 4.69) is 114 Å². The minimum Gasteiger partial charge on any atom is -0.475 e. The lowest BCUT2D eigenvalue weighted by Crippen LogP contribution is -2.32. The Kier molecular flexibility index (Phi) is 25.5. The van der Waals surface area contributed by atoms with Gasteiger partial charge in [0.2, 0.25) is 0 Å². The number of nitrogens with one attached hydrogen (secondary N) is 6. The highest BCUT2D eigenvalue weighted by Gasteiger charge is 2.38. The molecule has 0 bridgehead atoms. The number of nitrogens with zero attached hydrogens (tertiary/aromatic N) is 4. The molecule has 7 N–H and O–H groups in total. The quantitative estimate of drug-likeness (QED) is 0.0252. The first-order valence-corrected chi connectivity index (χ1v) is 30.1. The van der Waals surface area contributed by atoms with Crippen molar-refractivity contribution in [3.63, 3.8) is 0 Å². The third kappa shape index (κ3) is 20.9. The summed E-state index contributed by atoms with van der Waals surface area (Å²) in [7, 11) is 4.23. The van der Waals surface area contributed by atoms with Crippen molar-refractivity contribution in [1.82, 2.24) is 30.4 Å². The van der Waals surface area contributed by atoms with E-state index < -0.39 is 12.1 Å². The van der Waals surface area contributed by atoms with E-state index in [-0.39, 0.29) is 23.9 Å². The Bertz CT molecular complexity index is 3290. The van der Waals surface area contributed by atoms with Gasteiger partial charge in [-0.15, -0.1) is 0 Å². The molecule has 2 aliphatic rings. The highest BCUT2D eigenvalue weighted by atomic mass is 35.5. The summed E-state index contributed by atoms with van der Waals surface area (Å²) in [4.78, 5) is 47.4. The summed E-state index contributed by atoms with van der Waals surface area (Å²) in [6.07, 6.45) is -1.47. The molecule has 89 heavy (non-hydrogen) atoms. The number of aromatic nitrogens is 2. The van der Waals surface area contributed by atoms with Gasteiger partial charge in [-0.05, 0) is 143 Å². The maximum Gasteiger partial charge on any atom is 0.490 e. The first-order chi connectivity index (χ1) is 42.9. The fraction of sp³-hybridized carbons (Fsp3) is 0.328. The number of carbonyl (C=O) groups excluding carboxylic acids is 2. The number of pyridine rings is 2. The molecule has 18 nitrogen and oxygen atoms in total. The molecule has 0 radical (unpaired) electrons. The van der Waals surface area contributed by atoms with Crippen LogP contribution in [0.1, 0.15) is 45.2 Å². The topological polar surface area (TPSA) is 213 Å². The molecule has 7 aromatic rings. The van der Waals surface area contributed by atoms with Gasteiger partial charge in [-0.2, -0.15) is 13.2 Å². The molecule has 0 saturated carbocycles. The number of likely N-dealkylation sites (N-methyl/N-ethyl adjacent to an activating group) is 2. The Hall–Kier alpha value is -7.28. The van der Waals surface area contributed by atoms with Crippen LogP contribution in [-0.2, 0) is 36.8 Å². The van der Waals surface area contributed by atoms with Gasteiger partial charge in [-0.25, -0.2) is 24.4 Å². The Balaban J connectivity index is 0.00000138. The summed E-state index contributed by atoms with van der Waals surface area (Å²) in [5.74, 6) is -0.947. The number of halogens is 7. The van der Waals surface area contributed by atoms with Crippen LogP contribution < -0.4 is 31.9 Å². The average molecular weight is 1310 g/mol. The molecule has 0 saturated heterocycles. The van der Waals surface area contributed by atoms with E-state index in [0.29, 0.717) is 110 Å². The predicted molar refractivity (Wildman–Crippen MR) is 343 cm³/mol. The van der Waals surface area contributed by atoms with Gasteiger partial charge in [0, 0.05) is 108 Å². The Labute approximate surface area is 534 Å². The average Bonchev–Trinajstić information content (AvgIpc) is 0.986. The predicted octanol–water partition coefficient (Wildman–Crippen LogP) is 12.7. The van der Waals surface area contributed by atoms with Crippen LogP contribution in [0.25, 0.3) is 22.3 Å². The second-order valence-electron chi connectivity index (χ2n) is 21.0. The number of alkyl halides is 3. The monoisotopic (exact) mass is 1300 g/mol. The number of urea groups is 2. The van der Waals surface area contributed by atoms with Gasteiger partial charge >= 0.3 is 24.2 Å². The molecule has 2 unspecified atom stereocenters. The zero-order chi connectivity index (χ0) is 63.3. The van der Waals surface area contributed by atoms with Crippen LogP contribution >= 0.6 is 46.4 Å². The van der Waals surface area contributed by atoms with Crippen molar-refractivity contribution in [2.24, 2.45) is 0 Å². The second kappa shape index (κ2) is 33.5. The molecule has 5 aromatic carbocycles. The number of fused-ring (bicyclic) bond motifs is 2. The summed E-state index contributed by atoms with van der Waals surface area (Å²) in [5, 5.41) is 27.6. The highest BCUT2D eigenvalue weighted by molar-refractivity contribution is 6.36. The first kappa shape index (κ1) is 67.6. The van der Waals surface area contributed by atoms with Crippen molar-refractivity contribution in [1.29, 1.82) is 0 Å². The number of benzene rings is 5. The van der Waals surface area contributed by atoms with Crippen LogP contribution in [0, 0.1) is 0 Å². The molecular formula is C64H69Cl4F3N10O8. The van der Waals surface area contributed by atoms with E-state index in [1.54, 1.807) is 36.7 Å². The maximum atomic E-state index is 12.5. The summed E-state index contributed by atoms with van der Waals surface area (Å²) in [6.45, 7) is 8.26. The van der Waals surface area contributed by atoms with E-state index in [0.717, 1.165) is 71.2 Å². The number of hydrogen-bond acceptors (Lipinski definition) is 13. The maximum absolute atomic E-state index is 12.5. The molecule has 25 heteroatoms. The number of amides is 4. The number of ether oxygens (including phenoxy) is 4. The summed E-state index contributed by atoms with van der Waals surface area (Å²) < 4.78 is 54.5. The van der Waals surface area contributed by atoms with E-state index in [9.17, 15) is 22.8 Å². The molecule has 0 spiro atoms. The van der Waals surface area contributed by atoms with Crippen LogP contribution in [0.4, 0.5) is 45.8 Å². The van der Waals surface area contributed by atoms with Crippen molar-refractivity contribution in [3.8, 4) is 22.3 Å². The van der Waals surface area contributed by atoms with Crippen LogP contribution in [0.3, 0.4) is 0 Å². The van der Waals surface area contributed by atoms with Gasteiger partial charge in [0.15, 0.2) is 0 Å². The highest BCUT2D eigenvalue weighted by Crippen LogP contribution is 2.41. The van der Waals surface area contributed by atoms with Crippen LogP contribution in [0.2, 0.25) is 20.1 Å². The lowest BCUT2D eigenvalue weighted by molar-refractivity contribution is -0.192. The number of hydrogen-bond donors (Lipinski definition) is 7. The van der Waals surface area contributed by atoms with E-state index >= 15 is 0 Å². The molecule has 472 valence electrons. The number of aliphatic carboxylic acids is 1. The normalized spacial score (nSPS) is 14.8. The number of carbonyl (C=O) groups is 3. The minimum absolute atomic E-state index is 0.148. The molecule has 2 aliphatic heterocycles. The molecule has 4 heterocycles. The van der Waals surface area contributed by atoms with Crippen molar-refractivity contribution in [3.05, 3.63) is 187 Å². The molecule has 0 aliphatic carbocycles. The molecule has 9 rings (SSSR count). The van der Waals surface area contributed by atoms with Crippen molar-refractivity contribution < 1.29 is 51.6 Å². The summed E-state index contributed by atoms with van der Waals surface area (Å²) >= 11 is 26.1. The zero-order valence-corrected chi connectivity index (χ0v) is 51.9. The number of rotatable bonds is 26. The molecule has 4 amide bonds. The van der Waals surface area contributed by atoms with Gasteiger partial charge < -0.3 is 65.8 Å². The fourth-order valence-electron chi connectivity index (χ4n) is 10.2. The minimum atomic E-state index is -5.08. The standard InChI is InChI=1S/C62H68Cl4N10O6.C2HF3O2/c1-75-37-53(51-33-47(63)35-57(65)55(51)39-75)45-7-3-5-41(29-45)43-13-15-67-59(31-43)69-17-21-79-25-27-81-23-19-71-61(77)73-49-9-11-50(12-10-49)74-62(78)72-20-24-82-28-26-80-22-18-70-60-32-44(14-16-68-60)42-6-4-8-46(30-42)54-38-76(2)40-56-52(54)34-48(64)36-58(56)66;3-2(4,5)1(6)7/h3-16,29-36,53-54H,17-28,37-40H2,1-2H3,(H,67,69)(H,68,70)(H2,71,73,77)(H2,72,74,78);(H,6,7). The van der Waals surface area contributed by atoms with Crippen molar-refractivity contribution >= 4 is 87.4 Å². The van der Waals surface area contributed by atoms with Crippen molar-refractivity contribution in [2.75, 3.05) is 127 Å². The SMILES string of the molecule is CN1Cc2c(Cl)cc(Cl)cc2C(c2cccc(-c3ccnc(NCCOCCOCCNC(=O)Nc4ccc(NC(=O)NCCOCCOCCNc5cc(-c6cccc(C7CN(C)Cc8c(Cl)cc(Cl)cc87)c6)ccn5)cc4)c3)c2)C1.O=C(O)C(F)(F)F. The molecule has 2 aromatic heterocycles. The van der Waals surface area contributed by atoms with Crippen LogP contribution in [0.5, 0.6) is 0 Å². The zero-order valence-electron chi connectivity index (χ0n) is 48.9. The summed E-state index contributed by atoms with van der Waals surface area (Å²) in [5.41, 5.74) is 12.5. The lowest BCUT2D eigenvalue weighted by Gasteiger charge is -2.33. The molecular weight excluding hydrogens is 1240 g/mol. The van der Waals surface area contributed by atoms with Crippen LogP contribution in [0.15, 0.2) is 134 Å². The second-order valence-corrected chi connectivity index (χ2v) is 22.7. The first-order valence-electron chi connectivity index (χ1n) is 28.6. The number of anilines is 4. The van der Waals surface area contributed by atoms with Gasteiger partial charge in [0.25, 0.3) is 0 Å². The Morgan fingerprint density at radius 1 is 0.528 bits per heavy atom. The van der Waals surface area contributed by atoms with Gasteiger partial charge in [-0.1, -0.05) is 94.9 Å². The molecule has 2 atom stereocenters. The van der Waals surface area contributed by atoms with Crippen LogP contribution in [-0.4, -0.2) is 155 Å². The Morgan fingerprint density at radius 3 is 1.28 bits per heavy atom. The Morgan fingerprint density at radius 2 is 0.899 bits per heavy atom. The third-order valence-electron chi connectivity index (χ3n) is 14.3. The smallest absolute Gasteiger partial charge is 0.475 e. The van der Waals surface area contributed by atoms with Crippen molar-refractivity contribution in [2.45, 2.75) is 31.1 Å².